The van der Waals surface area contributed by atoms with E-state index in [1.165, 1.54) is 11.3 Å². The average molecular weight is 253 g/mol. The molecule has 0 bridgehead atoms. The lowest BCUT2D eigenvalue weighted by molar-refractivity contribution is -0.123. The molecule has 1 aromatic heterocycles. The number of aryl methyl sites for hydroxylation is 1. The van der Waals surface area contributed by atoms with E-state index in [9.17, 15) is 4.79 Å². The van der Waals surface area contributed by atoms with Crippen molar-refractivity contribution in [2.45, 2.75) is 45.2 Å². The van der Waals surface area contributed by atoms with Crippen molar-refractivity contribution in [1.29, 1.82) is 0 Å². The van der Waals surface area contributed by atoms with Crippen molar-refractivity contribution in [3.05, 3.63) is 16.1 Å². The van der Waals surface area contributed by atoms with Crippen LogP contribution < -0.4 is 10.6 Å². The Morgan fingerprint density at radius 1 is 1.65 bits per heavy atom. The fraction of sp³-hybridized carbons (Fsp3) is 0.667. The van der Waals surface area contributed by atoms with Gasteiger partial charge in [-0.1, -0.05) is 13.3 Å². The number of hydrogen-bond donors (Lipinski definition) is 2. The van der Waals surface area contributed by atoms with Gasteiger partial charge in [0.05, 0.1) is 12.6 Å². The van der Waals surface area contributed by atoms with E-state index in [1.807, 2.05) is 6.20 Å². The zero-order chi connectivity index (χ0) is 12.1. The second-order valence-corrected chi connectivity index (χ2v) is 5.49. The number of rotatable bonds is 4. The second-order valence-electron chi connectivity index (χ2n) is 4.29. The minimum Gasteiger partial charge on any atom is -0.348 e. The maximum atomic E-state index is 11.9. The molecule has 1 aromatic rings. The van der Waals surface area contributed by atoms with Gasteiger partial charge >= 0.3 is 0 Å². The van der Waals surface area contributed by atoms with Crippen molar-refractivity contribution in [2.75, 3.05) is 6.54 Å². The molecule has 1 aliphatic heterocycles. The van der Waals surface area contributed by atoms with Crippen molar-refractivity contribution in [2.24, 2.45) is 0 Å². The molecule has 0 saturated carbocycles. The van der Waals surface area contributed by atoms with Gasteiger partial charge in [0.2, 0.25) is 5.91 Å². The summed E-state index contributed by atoms with van der Waals surface area (Å²) in [6.45, 7) is 3.62. The van der Waals surface area contributed by atoms with Crippen molar-refractivity contribution >= 4 is 17.2 Å². The minimum atomic E-state index is -0.00522. The van der Waals surface area contributed by atoms with Gasteiger partial charge in [0.1, 0.15) is 5.01 Å². The molecule has 1 amide bonds. The number of piperidine rings is 1. The van der Waals surface area contributed by atoms with Gasteiger partial charge in [0.25, 0.3) is 0 Å². The van der Waals surface area contributed by atoms with E-state index in [4.69, 9.17) is 0 Å². The van der Waals surface area contributed by atoms with Gasteiger partial charge in [0, 0.05) is 11.1 Å². The molecule has 2 rings (SSSR count). The van der Waals surface area contributed by atoms with Crippen LogP contribution in [0.15, 0.2) is 6.20 Å². The number of amides is 1. The van der Waals surface area contributed by atoms with Crippen molar-refractivity contribution in [3.8, 4) is 0 Å². The third-order valence-corrected chi connectivity index (χ3v) is 4.13. The van der Waals surface area contributed by atoms with Crippen LogP contribution in [0.4, 0.5) is 0 Å². The van der Waals surface area contributed by atoms with Crippen LogP contribution in [0, 0.1) is 0 Å². The highest BCUT2D eigenvalue weighted by Gasteiger charge is 2.20. The molecule has 0 aromatic carbocycles. The Kier molecular flexibility index (Phi) is 4.50. The summed E-state index contributed by atoms with van der Waals surface area (Å²) in [6, 6.07) is -0.00522. The van der Waals surface area contributed by atoms with Crippen molar-refractivity contribution < 1.29 is 4.79 Å². The van der Waals surface area contributed by atoms with Crippen LogP contribution >= 0.6 is 11.3 Å². The Balaban J connectivity index is 1.78. The van der Waals surface area contributed by atoms with Crippen LogP contribution in [0.3, 0.4) is 0 Å². The Bertz CT molecular complexity index is 372. The van der Waals surface area contributed by atoms with Gasteiger partial charge in [-0.2, -0.15) is 0 Å². The van der Waals surface area contributed by atoms with Gasteiger partial charge < -0.3 is 10.6 Å². The Hall–Kier alpha value is -0.940. The normalized spacial score (nSPS) is 20.2. The first kappa shape index (κ1) is 12.5. The molecule has 17 heavy (non-hydrogen) atoms. The zero-order valence-corrected chi connectivity index (χ0v) is 11.0. The summed E-state index contributed by atoms with van der Waals surface area (Å²) in [5.74, 6) is 0.109. The van der Waals surface area contributed by atoms with Crippen LogP contribution in [-0.2, 0) is 17.8 Å². The monoisotopic (exact) mass is 253 g/mol. The number of carbonyl (C=O) groups excluding carboxylic acids is 1. The molecule has 0 radical (unpaired) electrons. The predicted octanol–water partition coefficient (Wildman–Crippen LogP) is 1.46. The molecular formula is C12H19N3OS. The molecule has 2 heterocycles. The van der Waals surface area contributed by atoms with Gasteiger partial charge in [-0.25, -0.2) is 4.98 Å². The molecule has 94 valence electrons. The zero-order valence-electron chi connectivity index (χ0n) is 10.2. The van der Waals surface area contributed by atoms with Crippen LogP contribution in [0.25, 0.3) is 0 Å². The Morgan fingerprint density at radius 2 is 2.53 bits per heavy atom. The lowest BCUT2D eigenvalue weighted by atomic mass is 10.0. The molecule has 4 nitrogen and oxygen atoms in total. The van der Waals surface area contributed by atoms with E-state index in [1.54, 1.807) is 11.3 Å². The van der Waals surface area contributed by atoms with E-state index in [2.05, 4.69) is 22.5 Å². The first-order valence-corrected chi connectivity index (χ1v) is 7.06. The SMILES string of the molecule is CCc1cnc(CNC(=O)[C@H]2CCCCN2)s1. The molecular weight excluding hydrogens is 234 g/mol. The molecule has 0 spiro atoms. The smallest absolute Gasteiger partial charge is 0.237 e. The predicted molar refractivity (Wildman–Crippen MR) is 69.0 cm³/mol. The molecule has 0 aliphatic carbocycles. The van der Waals surface area contributed by atoms with Crippen LogP contribution in [0.2, 0.25) is 0 Å². The summed E-state index contributed by atoms with van der Waals surface area (Å²) >= 11 is 1.68. The van der Waals surface area contributed by atoms with Crippen LogP contribution in [0.5, 0.6) is 0 Å². The summed E-state index contributed by atoms with van der Waals surface area (Å²) in [4.78, 5) is 17.4. The average Bonchev–Trinajstić information content (AvgIpc) is 2.85. The molecule has 0 unspecified atom stereocenters. The Labute approximate surface area is 106 Å². The highest BCUT2D eigenvalue weighted by Crippen LogP contribution is 2.13. The highest BCUT2D eigenvalue weighted by atomic mass is 32.1. The lowest BCUT2D eigenvalue weighted by Crippen LogP contribution is -2.46. The highest BCUT2D eigenvalue weighted by molar-refractivity contribution is 7.11. The number of nitrogens with one attached hydrogen (secondary N) is 2. The maximum Gasteiger partial charge on any atom is 0.237 e. The summed E-state index contributed by atoms with van der Waals surface area (Å²) in [6.07, 6.45) is 6.17. The second kappa shape index (κ2) is 6.12. The molecule has 1 saturated heterocycles. The number of thiazole rings is 1. The van der Waals surface area contributed by atoms with E-state index >= 15 is 0 Å². The topological polar surface area (TPSA) is 54.0 Å². The molecule has 1 fully saturated rings. The van der Waals surface area contributed by atoms with Gasteiger partial charge in [0.15, 0.2) is 0 Å². The third kappa shape index (κ3) is 3.51. The molecule has 1 atom stereocenters. The number of nitrogens with zero attached hydrogens (tertiary/aromatic N) is 1. The number of hydrogen-bond acceptors (Lipinski definition) is 4. The number of aromatic nitrogens is 1. The van der Waals surface area contributed by atoms with Crippen LogP contribution in [0.1, 0.15) is 36.1 Å². The standard InChI is InChI=1S/C12H19N3OS/c1-2-9-7-14-11(17-9)8-15-12(16)10-5-3-4-6-13-10/h7,10,13H,2-6,8H2,1H3,(H,15,16)/t10-/m1/s1. The van der Waals surface area contributed by atoms with Gasteiger partial charge in [-0.05, 0) is 25.8 Å². The molecule has 2 N–H and O–H groups in total. The maximum absolute atomic E-state index is 11.9. The summed E-state index contributed by atoms with van der Waals surface area (Å²) in [7, 11) is 0. The third-order valence-electron chi connectivity index (χ3n) is 2.99. The quantitative estimate of drug-likeness (QED) is 0.854. The Morgan fingerprint density at radius 3 is 3.18 bits per heavy atom. The van der Waals surface area contributed by atoms with E-state index in [0.29, 0.717) is 6.54 Å². The van der Waals surface area contributed by atoms with E-state index < -0.39 is 0 Å². The fourth-order valence-electron chi connectivity index (χ4n) is 1.95. The summed E-state index contributed by atoms with van der Waals surface area (Å²) in [5, 5.41) is 7.19. The van der Waals surface area contributed by atoms with E-state index in [0.717, 1.165) is 30.8 Å². The first-order chi connectivity index (χ1) is 8.29. The van der Waals surface area contributed by atoms with E-state index in [-0.39, 0.29) is 11.9 Å². The first-order valence-electron chi connectivity index (χ1n) is 6.24. The summed E-state index contributed by atoms with van der Waals surface area (Å²) in [5.41, 5.74) is 0. The number of carbonyl (C=O) groups is 1. The van der Waals surface area contributed by atoms with Crippen LogP contribution in [-0.4, -0.2) is 23.5 Å². The minimum absolute atomic E-state index is 0.00522. The molecule has 1 aliphatic rings. The molecule has 5 heteroatoms. The van der Waals surface area contributed by atoms with Gasteiger partial charge in [-0.3, -0.25) is 4.79 Å². The largest absolute Gasteiger partial charge is 0.348 e. The summed E-state index contributed by atoms with van der Waals surface area (Å²) < 4.78 is 0. The lowest BCUT2D eigenvalue weighted by Gasteiger charge is -2.22. The van der Waals surface area contributed by atoms with Crippen molar-refractivity contribution in [1.82, 2.24) is 15.6 Å². The van der Waals surface area contributed by atoms with Gasteiger partial charge in [-0.15, -0.1) is 11.3 Å². The van der Waals surface area contributed by atoms with Crippen molar-refractivity contribution in [3.63, 3.8) is 0 Å². The fourth-order valence-corrected chi connectivity index (χ4v) is 2.76.